The molecule has 0 unspecified atom stereocenters. The van der Waals surface area contributed by atoms with Gasteiger partial charge < -0.3 is 0 Å². The number of nitrogens with zero attached hydrogens (tertiary/aromatic N) is 1. The van der Waals surface area contributed by atoms with Crippen molar-refractivity contribution >= 4 is 5.78 Å². The number of pyridine rings is 1. The molecule has 0 aromatic carbocycles. The zero-order valence-electron chi connectivity index (χ0n) is 7.79. The lowest BCUT2D eigenvalue weighted by atomic mass is 9.80. The smallest absolute Gasteiger partial charge is 0.167 e. The van der Waals surface area contributed by atoms with Crippen molar-refractivity contribution in [2.24, 2.45) is 5.92 Å². The molecule has 0 N–H and O–H groups in total. The van der Waals surface area contributed by atoms with Crippen LogP contribution < -0.4 is 0 Å². The zero-order chi connectivity index (χ0) is 9.26. The highest BCUT2D eigenvalue weighted by molar-refractivity contribution is 5.99. The highest BCUT2D eigenvalue weighted by Crippen LogP contribution is 2.30. The Labute approximate surface area is 78.0 Å². The van der Waals surface area contributed by atoms with Crippen molar-refractivity contribution in [3.05, 3.63) is 29.6 Å². The maximum Gasteiger partial charge on any atom is 0.167 e. The highest BCUT2D eigenvalue weighted by Gasteiger charge is 2.26. The van der Waals surface area contributed by atoms with Crippen molar-refractivity contribution < 1.29 is 4.79 Å². The molecule has 2 nitrogen and oxygen atoms in total. The molecule has 1 saturated carbocycles. The number of hydrogen-bond acceptors (Lipinski definition) is 2. The Morgan fingerprint density at radius 1 is 1.54 bits per heavy atom. The van der Waals surface area contributed by atoms with E-state index in [1.165, 1.54) is 6.42 Å². The lowest BCUT2D eigenvalue weighted by Gasteiger charge is -2.24. The Balaban J connectivity index is 2.24. The molecule has 0 spiro atoms. The number of aryl methyl sites for hydroxylation is 1. The summed E-state index contributed by atoms with van der Waals surface area (Å²) in [6.07, 6.45) is 5.06. The zero-order valence-corrected chi connectivity index (χ0v) is 7.79. The van der Waals surface area contributed by atoms with E-state index < -0.39 is 0 Å². The molecule has 0 aliphatic heterocycles. The summed E-state index contributed by atoms with van der Waals surface area (Å²) in [7, 11) is 0. The Bertz CT molecular complexity index is 329. The summed E-state index contributed by atoms with van der Waals surface area (Å²) >= 11 is 0. The summed E-state index contributed by atoms with van der Waals surface area (Å²) in [6, 6.07) is 3.71. The molecule has 1 fully saturated rings. The van der Waals surface area contributed by atoms with Gasteiger partial charge in [-0.05, 0) is 31.9 Å². The van der Waals surface area contributed by atoms with E-state index in [0.717, 1.165) is 24.1 Å². The third-order valence-corrected chi connectivity index (χ3v) is 2.75. The van der Waals surface area contributed by atoms with Gasteiger partial charge in [-0.25, -0.2) is 0 Å². The molecule has 13 heavy (non-hydrogen) atoms. The van der Waals surface area contributed by atoms with Crippen molar-refractivity contribution in [2.75, 3.05) is 0 Å². The van der Waals surface area contributed by atoms with E-state index in [1.807, 2.05) is 19.1 Å². The summed E-state index contributed by atoms with van der Waals surface area (Å²) in [4.78, 5) is 15.9. The molecule has 1 aromatic rings. The molecule has 68 valence electrons. The van der Waals surface area contributed by atoms with E-state index in [1.54, 1.807) is 6.20 Å². The molecule has 2 heteroatoms. The minimum Gasteiger partial charge on any atom is -0.294 e. The number of aromatic nitrogens is 1. The minimum atomic E-state index is 0.280. The average molecular weight is 175 g/mol. The first-order chi connectivity index (χ1) is 6.29. The van der Waals surface area contributed by atoms with Gasteiger partial charge in [0, 0.05) is 23.4 Å². The Morgan fingerprint density at radius 2 is 2.31 bits per heavy atom. The average Bonchev–Trinajstić information content (AvgIpc) is 2.01. The van der Waals surface area contributed by atoms with Gasteiger partial charge in [-0.1, -0.05) is 6.42 Å². The first kappa shape index (κ1) is 8.42. The summed E-state index contributed by atoms with van der Waals surface area (Å²) in [5, 5.41) is 0. The lowest BCUT2D eigenvalue weighted by molar-refractivity contribution is 0.0854. The monoisotopic (exact) mass is 175 g/mol. The molecule has 0 saturated heterocycles. The SMILES string of the molecule is Cc1ncccc1C(=O)C1CCC1. The fourth-order valence-corrected chi connectivity index (χ4v) is 1.64. The second kappa shape index (κ2) is 3.29. The first-order valence-corrected chi connectivity index (χ1v) is 4.75. The summed E-state index contributed by atoms with van der Waals surface area (Å²) < 4.78 is 0. The van der Waals surface area contributed by atoms with E-state index in [9.17, 15) is 4.79 Å². The molecule has 1 aliphatic carbocycles. The largest absolute Gasteiger partial charge is 0.294 e. The predicted molar refractivity (Wildman–Crippen MR) is 50.6 cm³/mol. The van der Waals surface area contributed by atoms with E-state index in [0.29, 0.717) is 0 Å². The van der Waals surface area contributed by atoms with Crippen LogP contribution in [0.5, 0.6) is 0 Å². The fraction of sp³-hybridized carbons (Fsp3) is 0.455. The molecule has 1 aromatic heterocycles. The van der Waals surface area contributed by atoms with Crippen molar-refractivity contribution in [1.29, 1.82) is 0 Å². The van der Waals surface area contributed by atoms with E-state index >= 15 is 0 Å². The van der Waals surface area contributed by atoms with Crippen LogP contribution in [0.2, 0.25) is 0 Å². The fourth-order valence-electron chi connectivity index (χ4n) is 1.64. The summed E-state index contributed by atoms with van der Waals surface area (Å²) in [5.41, 5.74) is 1.67. The topological polar surface area (TPSA) is 30.0 Å². The minimum absolute atomic E-state index is 0.280. The molecular weight excluding hydrogens is 162 g/mol. The Hall–Kier alpha value is -1.18. The van der Waals surface area contributed by atoms with Crippen LogP contribution in [0.4, 0.5) is 0 Å². The Morgan fingerprint density at radius 3 is 2.85 bits per heavy atom. The van der Waals surface area contributed by atoms with Crippen LogP contribution in [0.1, 0.15) is 35.3 Å². The van der Waals surface area contributed by atoms with E-state index in [-0.39, 0.29) is 11.7 Å². The summed E-state index contributed by atoms with van der Waals surface area (Å²) in [6.45, 7) is 1.89. The number of carbonyl (C=O) groups excluding carboxylic acids is 1. The van der Waals surface area contributed by atoms with Gasteiger partial charge in [-0.2, -0.15) is 0 Å². The van der Waals surface area contributed by atoms with Gasteiger partial charge in [0.2, 0.25) is 0 Å². The summed E-state index contributed by atoms with van der Waals surface area (Å²) in [5.74, 6) is 0.569. The Kier molecular flexibility index (Phi) is 2.13. The molecular formula is C11H13NO. The third kappa shape index (κ3) is 1.48. The van der Waals surface area contributed by atoms with Gasteiger partial charge in [-0.3, -0.25) is 9.78 Å². The third-order valence-electron chi connectivity index (χ3n) is 2.75. The standard InChI is InChI=1S/C11H13NO/c1-8-10(6-3-7-12-8)11(13)9-4-2-5-9/h3,6-7,9H,2,4-5H2,1H3. The van der Waals surface area contributed by atoms with Gasteiger partial charge in [-0.15, -0.1) is 0 Å². The highest BCUT2D eigenvalue weighted by atomic mass is 16.1. The van der Waals surface area contributed by atoms with Crippen LogP contribution in [-0.4, -0.2) is 10.8 Å². The normalized spacial score (nSPS) is 16.7. The lowest BCUT2D eigenvalue weighted by Crippen LogP contribution is -2.22. The van der Waals surface area contributed by atoms with E-state index in [2.05, 4.69) is 4.98 Å². The molecule has 0 radical (unpaired) electrons. The number of ketones is 1. The van der Waals surface area contributed by atoms with Crippen molar-refractivity contribution in [3.63, 3.8) is 0 Å². The van der Waals surface area contributed by atoms with Crippen molar-refractivity contribution in [1.82, 2.24) is 4.98 Å². The van der Waals surface area contributed by atoms with Gasteiger partial charge >= 0.3 is 0 Å². The van der Waals surface area contributed by atoms with Gasteiger partial charge in [0.25, 0.3) is 0 Å². The van der Waals surface area contributed by atoms with Crippen LogP contribution in [0.25, 0.3) is 0 Å². The van der Waals surface area contributed by atoms with Crippen molar-refractivity contribution in [2.45, 2.75) is 26.2 Å². The van der Waals surface area contributed by atoms with E-state index in [4.69, 9.17) is 0 Å². The number of carbonyl (C=O) groups is 1. The maximum absolute atomic E-state index is 11.8. The van der Waals surface area contributed by atoms with Crippen molar-refractivity contribution in [3.8, 4) is 0 Å². The second-order valence-electron chi connectivity index (χ2n) is 3.63. The molecule has 0 atom stereocenters. The quantitative estimate of drug-likeness (QED) is 0.646. The molecule has 0 amide bonds. The molecule has 1 aliphatic rings. The van der Waals surface area contributed by atoms with Crippen LogP contribution in [0.15, 0.2) is 18.3 Å². The number of Topliss-reactive ketones (excluding diaryl/α,β-unsaturated/α-hetero) is 1. The number of rotatable bonds is 2. The van der Waals surface area contributed by atoms with Crippen LogP contribution in [0.3, 0.4) is 0 Å². The van der Waals surface area contributed by atoms with Crippen LogP contribution in [-0.2, 0) is 0 Å². The predicted octanol–water partition coefficient (Wildman–Crippen LogP) is 2.37. The van der Waals surface area contributed by atoms with Gasteiger partial charge in [0.15, 0.2) is 5.78 Å². The molecule has 2 rings (SSSR count). The van der Waals surface area contributed by atoms with Crippen LogP contribution >= 0.6 is 0 Å². The molecule has 0 bridgehead atoms. The van der Waals surface area contributed by atoms with Gasteiger partial charge in [0.05, 0.1) is 0 Å². The maximum atomic E-state index is 11.8. The number of hydrogen-bond donors (Lipinski definition) is 0. The van der Waals surface area contributed by atoms with Crippen LogP contribution in [0, 0.1) is 12.8 Å². The van der Waals surface area contributed by atoms with Gasteiger partial charge in [0.1, 0.15) is 0 Å². The first-order valence-electron chi connectivity index (χ1n) is 4.75. The molecule has 1 heterocycles. The second-order valence-corrected chi connectivity index (χ2v) is 3.63.